The van der Waals surface area contributed by atoms with E-state index in [0.29, 0.717) is 5.82 Å². The average Bonchev–Trinajstić information content (AvgIpc) is 2.61. The monoisotopic (exact) mass is 239 g/mol. The van der Waals surface area contributed by atoms with Crippen LogP contribution in [-0.2, 0) is 10.0 Å². The maximum atomic E-state index is 11.7. The number of aromatic nitrogens is 2. The van der Waals surface area contributed by atoms with Crippen LogP contribution in [0.15, 0.2) is 24.3 Å². The Morgan fingerprint density at radius 3 is 2.69 bits per heavy atom. The van der Waals surface area contributed by atoms with Crippen molar-refractivity contribution < 1.29 is 8.42 Å². The maximum absolute atomic E-state index is 11.7. The van der Waals surface area contributed by atoms with Crippen LogP contribution in [0.5, 0.6) is 0 Å². The number of benzene rings is 1. The summed E-state index contributed by atoms with van der Waals surface area (Å²) in [7, 11) is -3.35. The van der Waals surface area contributed by atoms with Crippen molar-refractivity contribution >= 4 is 26.7 Å². The molecule has 0 atom stereocenters. The first-order chi connectivity index (χ1) is 7.50. The van der Waals surface area contributed by atoms with Gasteiger partial charge >= 0.3 is 0 Å². The zero-order chi connectivity index (χ0) is 11.8. The van der Waals surface area contributed by atoms with E-state index in [1.165, 1.54) is 0 Å². The van der Waals surface area contributed by atoms with Gasteiger partial charge in [0.2, 0.25) is 10.0 Å². The van der Waals surface area contributed by atoms with E-state index in [-0.39, 0.29) is 0 Å². The third-order valence-electron chi connectivity index (χ3n) is 2.33. The summed E-state index contributed by atoms with van der Waals surface area (Å²) in [4.78, 5) is 0. The lowest BCUT2D eigenvalue weighted by Gasteiger charge is -2.08. The van der Waals surface area contributed by atoms with E-state index in [0.717, 1.165) is 10.9 Å². The van der Waals surface area contributed by atoms with Gasteiger partial charge in [0, 0.05) is 5.39 Å². The second-order valence-electron chi connectivity index (χ2n) is 3.81. The molecule has 0 amide bonds. The number of sulfonamides is 1. The molecule has 16 heavy (non-hydrogen) atoms. The second kappa shape index (κ2) is 3.79. The van der Waals surface area contributed by atoms with Crippen LogP contribution in [0.1, 0.15) is 13.8 Å². The summed E-state index contributed by atoms with van der Waals surface area (Å²) in [5.41, 5.74) is 0.809. The van der Waals surface area contributed by atoms with E-state index >= 15 is 0 Å². The highest BCUT2D eigenvalue weighted by atomic mass is 32.2. The van der Waals surface area contributed by atoms with E-state index < -0.39 is 15.3 Å². The van der Waals surface area contributed by atoms with Gasteiger partial charge in [-0.15, -0.1) is 0 Å². The van der Waals surface area contributed by atoms with Crippen molar-refractivity contribution in [2.45, 2.75) is 19.1 Å². The van der Waals surface area contributed by atoms with Crippen molar-refractivity contribution in [1.82, 2.24) is 10.2 Å². The Kier molecular flexibility index (Phi) is 2.59. The number of rotatable bonds is 3. The number of H-pyrrole nitrogens is 1. The molecule has 0 spiro atoms. The predicted molar refractivity (Wildman–Crippen MR) is 63.8 cm³/mol. The average molecular weight is 239 g/mol. The molecule has 1 aromatic heterocycles. The Hall–Kier alpha value is -1.56. The van der Waals surface area contributed by atoms with Gasteiger partial charge in [0.25, 0.3) is 0 Å². The largest absolute Gasteiger partial charge is 0.276 e. The molecule has 1 heterocycles. The minimum absolute atomic E-state index is 0.351. The fraction of sp³-hybridized carbons (Fsp3) is 0.300. The van der Waals surface area contributed by atoms with Crippen LogP contribution in [-0.4, -0.2) is 23.9 Å². The van der Waals surface area contributed by atoms with E-state index in [4.69, 9.17) is 0 Å². The third-order valence-corrected chi connectivity index (χ3v) is 4.05. The summed E-state index contributed by atoms with van der Waals surface area (Å²) in [5.74, 6) is 0.351. The van der Waals surface area contributed by atoms with Crippen LogP contribution >= 0.6 is 0 Å². The first kappa shape index (κ1) is 10.9. The standard InChI is InChI=1S/C10H13N3O2S/c1-7(2)16(14,15)13-10-8-5-3-4-6-9(8)11-12-10/h3-7H,1-2H3,(H2,11,12,13). The molecule has 0 unspecified atom stereocenters. The molecule has 2 N–H and O–H groups in total. The lowest BCUT2D eigenvalue weighted by molar-refractivity contribution is 0.592. The molecule has 1 aromatic carbocycles. The van der Waals surface area contributed by atoms with Crippen molar-refractivity contribution in [2.24, 2.45) is 0 Å². The van der Waals surface area contributed by atoms with Crippen LogP contribution in [0.2, 0.25) is 0 Å². The van der Waals surface area contributed by atoms with Crippen LogP contribution in [0.25, 0.3) is 10.9 Å². The summed E-state index contributed by atoms with van der Waals surface area (Å²) in [6.07, 6.45) is 0. The van der Waals surface area contributed by atoms with E-state index in [1.54, 1.807) is 13.8 Å². The predicted octanol–water partition coefficient (Wildman–Crippen LogP) is 1.71. The highest BCUT2D eigenvalue weighted by Gasteiger charge is 2.18. The number of nitrogens with one attached hydrogen (secondary N) is 2. The van der Waals surface area contributed by atoms with Crippen LogP contribution in [0.3, 0.4) is 0 Å². The van der Waals surface area contributed by atoms with Gasteiger partial charge < -0.3 is 0 Å². The molecular formula is C10H13N3O2S. The highest BCUT2D eigenvalue weighted by molar-refractivity contribution is 7.93. The fourth-order valence-electron chi connectivity index (χ4n) is 1.29. The Morgan fingerprint density at radius 1 is 1.31 bits per heavy atom. The first-order valence-electron chi connectivity index (χ1n) is 4.95. The molecule has 6 heteroatoms. The second-order valence-corrected chi connectivity index (χ2v) is 6.05. The lowest BCUT2D eigenvalue weighted by atomic mass is 10.2. The first-order valence-corrected chi connectivity index (χ1v) is 6.50. The summed E-state index contributed by atoms with van der Waals surface area (Å²) < 4.78 is 25.8. The molecule has 0 fully saturated rings. The fourth-order valence-corrected chi connectivity index (χ4v) is 1.95. The van der Waals surface area contributed by atoms with E-state index in [9.17, 15) is 8.42 Å². The van der Waals surface area contributed by atoms with E-state index in [1.807, 2.05) is 24.3 Å². The molecule has 0 saturated carbocycles. The Morgan fingerprint density at radius 2 is 2.00 bits per heavy atom. The van der Waals surface area contributed by atoms with Crippen LogP contribution in [0.4, 0.5) is 5.82 Å². The Balaban J connectivity index is 2.43. The van der Waals surface area contributed by atoms with Gasteiger partial charge in [-0.3, -0.25) is 9.82 Å². The summed E-state index contributed by atoms with van der Waals surface area (Å²) in [6.45, 7) is 3.24. The maximum Gasteiger partial charge on any atom is 0.236 e. The summed E-state index contributed by atoms with van der Waals surface area (Å²) in [5, 5.41) is 7.01. The van der Waals surface area contributed by atoms with Crippen molar-refractivity contribution in [3.63, 3.8) is 0 Å². The molecule has 0 bridgehead atoms. The minimum atomic E-state index is -3.35. The van der Waals surface area contributed by atoms with Gasteiger partial charge in [0.05, 0.1) is 10.8 Å². The minimum Gasteiger partial charge on any atom is -0.276 e. The van der Waals surface area contributed by atoms with Gasteiger partial charge in [-0.2, -0.15) is 5.10 Å². The lowest BCUT2D eigenvalue weighted by Crippen LogP contribution is -2.22. The van der Waals surface area contributed by atoms with Crippen molar-refractivity contribution in [3.8, 4) is 0 Å². The van der Waals surface area contributed by atoms with Gasteiger partial charge in [-0.25, -0.2) is 8.42 Å². The summed E-state index contributed by atoms with van der Waals surface area (Å²) >= 11 is 0. The van der Waals surface area contributed by atoms with Crippen molar-refractivity contribution in [3.05, 3.63) is 24.3 Å². The molecule has 86 valence electrons. The molecule has 0 saturated heterocycles. The number of para-hydroxylation sites is 1. The SMILES string of the molecule is CC(C)S(=O)(=O)Nc1n[nH]c2ccccc12. The summed E-state index contributed by atoms with van der Waals surface area (Å²) in [6, 6.07) is 7.36. The molecule has 0 radical (unpaired) electrons. The molecule has 0 aliphatic carbocycles. The normalized spacial score (nSPS) is 12.2. The van der Waals surface area contributed by atoms with Gasteiger partial charge in [-0.05, 0) is 26.0 Å². The number of hydrogen-bond acceptors (Lipinski definition) is 3. The Bertz CT molecular complexity index is 601. The molecule has 2 aromatic rings. The van der Waals surface area contributed by atoms with Gasteiger partial charge in [-0.1, -0.05) is 12.1 Å². The smallest absolute Gasteiger partial charge is 0.236 e. The molecule has 0 aliphatic rings. The van der Waals surface area contributed by atoms with Crippen molar-refractivity contribution in [1.29, 1.82) is 0 Å². The number of anilines is 1. The highest BCUT2D eigenvalue weighted by Crippen LogP contribution is 2.21. The number of fused-ring (bicyclic) bond motifs is 1. The zero-order valence-electron chi connectivity index (χ0n) is 9.06. The third kappa shape index (κ3) is 1.88. The van der Waals surface area contributed by atoms with Gasteiger partial charge in [0.15, 0.2) is 5.82 Å². The van der Waals surface area contributed by atoms with Gasteiger partial charge in [0.1, 0.15) is 0 Å². The molecule has 0 aliphatic heterocycles. The number of nitrogens with zero attached hydrogens (tertiary/aromatic N) is 1. The molecule has 2 rings (SSSR count). The zero-order valence-corrected chi connectivity index (χ0v) is 9.88. The topological polar surface area (TPSA) is 74.8 Å². The molecular weight excluding hydrogens is 226 g/mol. The quantitative estimate of drug-likeness (QED) is 0.856. The van der Waals surface area contributed by atoms with Crippen LogP contribution in [0, 0.1) is 0 Å². The van der Waals surface area contributed by atoms with Crippen molar-refractivity contribution in [2.75, 3.05) is 4.72 Å². The van der Waals surface area contributed by atoms with E-state index in [2.05, 4.69) is 14.9 Å². The number of aromatic amines is 1. The number of hydrogen-bond donors (Lipinski definition) is 2. The molecule has 5 nitrogen and oxygen atoms in total. The Labute approximate surface area is 93.9 Å². The van der Waals surface area contributed by atoms with Crippen LogP contribution < -0.4 is 4.72 Å².